The van der Waals surface area contributed by atoms with Gasteiger partial charge in [0.25, 0.3) is 5.91 Å². The number of morpholine rings is 1. The molecule has 2 aromatic carbocycles. The Labute approximate surface area is 192 Å². The molecule has 0 atom stereocenters. The molecule has 0 radical (unpaired) electrons. The summed E-state index contributed by atoms with van der Waals surface area (Å²) in [5.74, 6) is -1.02. The Morgan fingerprint density at radius 2 is 1.79 bits per heavy atom. The van der Waals surface area contributed by atoms with Crippen molar-refractivity contribution in [1.29, 1.82) is 0 Å². The largest absolute Gasteiger partial charge is 0.379 e. The third-order valence-corrected chi connectivity index (χ3v) is 7.42. The molecule has 1 aromatic heterocycles. The van der Waals surface area contributed by atoms with Crippen LogP contribution in [0.25, 0.3) is 0 Å². The molecule has 33 heavy (non-hydrogen) atoms. The molecule has 174 valence electrons. The van der Waals surface area contributed by atoms with E-state index in [1.807, 2.05) is 24.3 Å². The standard InChI is InChI=1S/C23H25FN4O4S/c1-2-17-3-5-18(6-4-17)16-28-22(9-10-25-28)26-23(29)19-7-8-20(24)21(15-19)33(30,31)27-11-13-32-14-12-27/h3-10,15H,2,11-14,16H2,1H3,(H,26,29). The summed E-state index contributed by atoms with van der Waals surface area (Å²) in [5, 5.41) is 7.00. The fraction of sp³-hybridized carbons (Fsp3) is 0.304. The van der Waals surface area contributed by atoms with Gasteiger partial charge in [-0.1, -0.05) is 31.2 Å². The minimum Gasteiger partial charge on any atom is -0.379 e. The van der Waals surface area contributed by atoms with Crippen LogP contribution in [0.4, 0.5) is 10.2 Å². The van der Waals surface area contributed by atoms with E-state index >= 15 is 0 Å². The number of hydrogen-bond acceptors (Lipinski definition) is 5. The number of aryl methyl sites for hydroxylation is 1. The van der Waals surface area contributed by atoms with Gasteiger partial charge in [0, 0.05) is 24.7 Å². The normalized spacial score (nSPS) is 14.8. The molecule has 0 saturated carbocycles. The van der Waals surface area contributed by atoms with Gasteiger partial charge in [0.05, 0.1) is 26.0 Å². The van der Waals surface area contributed by atoms with Crippen molar-refractivity contribution in [3.8, 4) is 0 Å². The first kappa shape index (κ1) is 23.1. The SMILES string of the molecule is CCc1ccc(Cn2nccc2NC(=O)c2ccc(F)c(S(=O)(=O)N3CCOCC3)c2)cc1. The van der Waals surface area contributed by atoms with Crippen LogP contribution in [0.5, 0.6) is 0 Å². The van der Waals surface area contributed by atoms with Crippen molar-refractivity contribution >= 4 is 21.7 Å². The predicted molar refractivity (Wildman–Crippen MR) is 121 cm³/mol. The highest BCUT2D eigenvalue weighted by molar-refractivity contribution is 7.89. The van der Waals surface area contributed by atoms with Crippen LogP contribution >= 0.6 is 0 Å². The Morgan fingerprint density at radius 1 is 1.09 bits per heavy atom. The molecule has 2 heterocycles. The number of nitrogens with zero attached hydrogens (tertiary/aromatic N) is 3. The van der Waals surface area contributed by atoms with E-state index in [-0.39, 0.29) is 31.9 Å². The summed E-state index contributed by atoms with van der Waals surface area (Å²) in [4.78, 5) is 12.3. The number of carbonyl (C=O) groups is 1. The minimum absolute atomic E-state index is 0.0308. The number of nitrogens with one attached hydrogen (secondary N) is 1. The van der Waals surface area contributed by atoms with Gasteiger partial charge in [0.15, 0.2) is 0 Å². The smallest absolute Gasteiger partial charge is 0.256 e. The first-order valence-corrected chi connectivity index (χ1v) is 12.1. The average molecular weight is 473 g/mol. The quantitative estimate of drug-likeness (QED) is 0.571. The molecular formula is C23H25FN4O4S. The van der Waals surface area contributed by atoms with Gasteiger partial charge < -0.3 is 10.1 Å². The highest BCUT2D eigenvalue weighted by Gasteiger charge is 2.30. The van der Waals surface area contributed by atoms with Gasteiger partial charge in [0.2, 0.25) is 10.0 Å². The average Bonchev–Trinajstić information content (AvgIpc) is 3.26. The lowest BCUT2D eigenvalue weighted by Gasteiger charge is -2.26. The maximum absolute atomic E-state index is 14.4. The number of hydrogen-bond donors (Lipinski definition) is 1. The maximum Gasteiger partial charge on any atom is 0.256 e. The van der Waals surface area contributed by atoms with Crippen molar-refractivity contribution in [3.05, 3.63) is 77.2 Å². The van der Waals surface area contributed by atoms with Crippen molar-refractivity contribution in [3.63, 3.8) is 0 Å². The van der Waals surface area contributed by atoms with Crippen LogP contribution in [0.1, 0.15) is 28.4 Å². The van der Waals surface area contributed by atoms with Gasteiger partial charge in [-0.15, -0.1) is 0 Å². The molecule has 1 amide bonds. The molecule has 1 N–H and O–H groups in total. The van der Waals surface area contributed by atoms with E-state index in [9.17, 15) is 17.6 Å². The van der Waals surface area contributed by atoms with Crippen LogP contribution < -0.4 is 5.32 Å². The van der Waals surface area contributed by atoms with Crippen LogP contribution in [-0.2, 0) is 27.7 Å². The van der Waals surface area contributed by atoms with E-state index in [4.69, 9.17) is 4.74 Å². The van der Waals surface area contributed by atoms with E-state index in [2.05, 4.69) is 17.3 Å². The monoisotopic (exact) mass is 472 g/mol. The lowest BCUT2D eigenvalue weighted by atomic mass is 10.1. The lowest BCUT2D eigenvalue weighted by Crippen LogP contribution is -2.41. The number of benzene rings is 2. The van der Waals surface area contributed by atoms with Crippen LogP contribution in [0, 0.1) is 5.82 Å². The molecule has 1 saturated heterocycles. The van der Waals surface area contributed by atoms with Gasteiger partial charge in [-0.3, -0.25) is 4.79 Å². The number of ether oxygens (including phenoxy) is 1. The highest BCUT2D eigenvalue weighted by atomic mass is 32.2. The maximum atomic E-state index is 14.4. The summed E-state index contributed by atoms with van der Waals surface area (Å²) < 4.78 is 48.2. The molecule has 3 aromatic rings. The van der Waals surface area contributed by atoms with E-state index in [1.54, 1.807) is 16.9 Å². The number of amides is 1. The highest BCUT2D eigenvalue weighted by Crippen LogP contribution is 2.22. The fourth-order valence-corrected chi connectivity index (χ4v) is 5.07. The van der Waals surface area contributed by atoms with Gasteiger partial charge >= 0.3 is 0 Å². The van der Waals surface area contributed by atoms with E-state index < -0.39 is 26.6 Å². The fourth-order valence-electron chi connectivity index (χ4n) is 3.57. The van der Waals surface area contributed by atoms with Gasteiger partial charge in [0.1, 0.15) is 16.5 Å². The molecule has 0 unspecified atom stereocenters. The zero-order valence-electron chi connectivity index (χ0n) is 18.2. The number of halogens is 1. The Kier molecular flexibility index (Phi) is 6.87. The molecule has 4 rings (SSSR count). The minimum atomic E-state index is -4.08. The second-order valence-electron chi connectivity index (χ2n) is 7.66. The summed E-state index contributed by atoms with van der Waals surface area (Å²) >= 11 is 0. The molecule has 8 nitrogen and oxygen atoms in total. The molecule has 10 heteroatoms. The summed E-state index contributed by atoms with van der Waals surface area (Å²) in [6.07, 6.45) is 2.51. The second-order valence-corrected chi connectivity index (χ2v) is 9.57. The van der Waals surface area contributed by atoms with Gasteiger partial charge in [-0.2, -0.15) is 9.40 Å². The lowest BCUT2D eigenvalue weighted by molar-refractivity contribution is 0.0729. The molecular weight excluding hydrogens is 447 g/mol. The van der Waals surface area contributed by atoms with E-state index in [0.29, 0.717) is 12.4 Å². The summed E-state index contributed by atoms with van der Waals surface area (Å²) in [6, 6.07) is 13.1. The zero-order chi connectivity index (χ0) is 23.4. The van der Waals surface area contributed by atoms with Crippen LogP contribution in [0.2, 0.25) is 0 Å². The Morgan fingerprint density at radius 3 is 2.48 bits per heavy atom. The van der Waals surface area contributed by atoms with Crippen molar-refractivity contribution in [2.45, 2.75) is 24.8 Å². The molecule has 0 spiro atoms. The van der Waals surface area contributed by atoms with Crippen molar-refractivity contribution in [2.24, 2.45) is 0 Å². The van der Waals surface area contributed by atoms with Crippen molar-refractivity contribution in [2.75, 3.05) is 31.6 Å². The molecule has 1 aliphatic heterocycles. The summed E-state index contributed by atoms with van der Waals surface area (Å²) in [5.41, 5.74) is 2.28. The first-order valence-electron chi connectivity index (χ1n) is 10.7. The zero-order valence-corrected chi connectivity index (χ0v) is 19.0. The number of sulfonamides is 1. The third-order valence-electron chi connectivity index (χ3n) is 5.50. The Hall–Kier alpha value is -3.08. The topological polar surface area (TPSA) is 93.5 Å². The first-order chi connectivity index (χ1) is 15.9. The van der Waals surface area contributed by atoms with Gasteiger partial charge in [-0.05, 0) is 35.7 Å². The number of rotatable bonds is 7. The van der Waals surface area contributed by atoms with Gasteiger partial charge in [-0.25, -0.2) is 17.5 Å². The van der Waals surface area contributed by atoms with E-state index in [1.165, 1.54) is 11.6 Å². The van der Waals surface area contributed by atoms with Crippen molar-refractivity contribution < 1.29 is 22.3 Å². The number of aromatic nitrogens is 2. The predicted octanol–water partition coefficient (Wildman–Crippen LogP) is 2.91. The van der Waals surface area contributed by atoms with Crippen LogP contribution in [0.3, 0.4) is 0 Å². The number of anilines is 1. The molecule has 0 aliphatic carbocycles. The molecule has 1 fully saturated rings. The van der Waals surface area contributed by atoms with Crippen LogP contribution in [0.15, 0.2) is 59.6 Å². The van der Waals surface area contributed by atoms with E-state index in [0.717, 1.165) is 28.4 Å². The molecule has 0 bridgehead atoms. The third kappa shape index (κ3) is 5.13. The van der Waals surface area contributed by atoms with Crippen LogP contribution in [-0.4, -0.2) is 54.7 Å². The number of carbonyl (C=O) groups excluding carboxylic acids is 1. The Balaban J connectivity index is 1.53. The van der Waals surface area contributed by atoms with Crippen molar-refractivity contribution in [1.82, 2.24) is 14.1 Å². The summed E-state index contributed by atoms with van der Waals surface area (Å²) in [6.45, 7) is 3.29. The molecule has 1 aliphatic rings. The summed E-state index contributed by atoms with van der Waals surface area (Å²) in [7, 11) is -4.08. The Bertz CT molecular complexity index is 1240. The second kappa shape index (κ2) is 9.82.